The summed E-state index contributed by atoms with van der Waals surface area (Å²) in [5, 5.41) is 1.07. The van der Waals surface area contributed by atoms with Crippen molar-refractivity contribution >= 4 is 27.6 Å². The Morgan fingerprint density at radius 1 is 1.06 bits per heavy atom. The fourth-order valence-corrected chi connectivity index (χ4v) is 5.91. The Balaban J connectivity index is 1.48. The van der Waals surface area contributed by atoms with Gasteiger partial charge in [0, 0.05) is 70.7 Å². The molecular formula is C25H44N4O2S2. The van der Waals surface area contributed by atoms with Gasteiger partial charge in [-0.3, -0.25) is 14.6 Å². The molecular weight excluding hydrogens is 452 g/mol. The molecule has 0 spiro atoms. The molecule has 0 N–H and O–H groups in total. The fraction of sp³-hybridized carbons (Fsp3) is 0.760. The van der Waals surface area contributed by atoms with Gasteiger partial charge in [0.2, 0.25) is 0 Å². The van der Waals surface area contributed by atoms with E-state index >= 15 is 0 Å². The van der Waals surface area contributed by atoms with Gasteiger partial charge in [0.25, 0.3) is 0 Å². The van der Waals surface area contributed by atoms with Crippen molar-refractivity contribution in [1.82, 2.24) is 19.7 Å². The molecule has 2 rings (SSSR count). The first kappa shape index (κ1) is 28.4. The third-order valence-corrected chi connectivity index (χ3v) is 7.76. The first-order valence-electron chi connectivity index (χ1n) is 12.5. The van der Waals surface area contributed by atoms with E-state index in [9.17, 15) is 4.79 Å². The quantitative estimate of drug-likeness (QED) is 0.190. The highest BCUT2D eigenvalue weighted by molar-refractivity contribution is 8.76. The van der Waals surface area contributed by atoms with Crippen LogP contribution in [0, 0.1) is 11.8 Å². The Labute approximate surface area is 209 Å². The number of carbonyl (C=O) groups is 1. The third kappa shape index (κ3) is 13.6. The Kier molecular flexibility index (Phi) is 14.4. The van der Waals surface area contributed by atoms with Gasteiger partial charge in [0.05, 0.1) is 0 Å². The van der Waals surface area contributed by atoms with Crippen LogP contribution in [0.5, 0.6) is 0 Å². The number of piperazine rings is 1. The number of hydrogen-bond acceptors (Lipinski definition) is 8. The smallest absolute Gasteiger partial charge is 0.305 e. The van der Waals surface area contributed by atoms with E-state index in [4.69, 9.17) is 4.74 Å². The van der Waals surface area contributed by atoms with Crippen LogP contribution in [-0.4, -0.2) is 96.9 Å². The Morgan fingerprint density at radius 2 is 1.73 bits per heavy atom. The lowest BCUT2D eigenvalue weighted by molar-refractivity contribution is -0.144. The summed E-state index contributed by atoms with van der Waals surface area (Å²) < 4.78 is 5.51. The van der Waals surface area contributed by atoms with E-state index in [0.717, 1.165) is 76.1 Å². The summed E-state index contributed by atoms with van der Waals surface area (Å²) in [6.07, 6.45) is 3.25. The van der Waals surface area contributed by atoms with Crippen molar-refractivity contribution in [3.8, 4) is 0 Å². The minimum absolute atomic E-state index is 0.0508. The normalized spacial score (nSPS) is 15.6. The van der Waals surface area contributed by atoms with Crippen molar-refractivity contribution in [1.29, 1.82) is 0 Å². The van der Waals surface area contributed by atoms with Gasteiger partial charge in [-0.25, -0.2) is 4.98 Å². The van der Waals surface area contributed by atoms with Crippen LogP contribution in [0.4, 0.5) is 0 Å². The predicted molar refractivity (Wildman–Crippen MR) is 142 cm³/mol. The number of carbonyl (C=O) groups excluding carboxylic acids is 1. The second-order valence-electron chi connectivity index (χ2n) is 9.63. The van der Waals surface area contributed by atoms with Gasteiger partial charge < -0.3 is 9.64 Å². The highest BCUT2D eigenvalue weighted by Crippen LogP contribution is 2.28. The zero-order valence-electron chi connectivity index (χ0n) is 21.1. The third-order valence-electron chi connectivity index (χ3n) is 5.51. The minimum Gasteiger partial charge on any atom is -0.464 e. The van der Waals surface area contributed by atoms with Crippen LogP contribution in [0.2, 0.25) is 0 Å². The summed E-state index contributed by atoms with van der Waals surface area (Å²) >= 11 is 0. The molecule has 1 aliphatic heterocycles. The molecule has 0 unspecified atom stereocenters. The predicted octanol–water partition coefficient (Wildman–Crippen LogP) is 4.38. The summed E-state index contributed by atoms with van der Waals surface area (Å²) in [4.78, 5) is 23.9. The van der Waals surface area contributed by atoms with Crippen LogP contribution in [0.3, 0.4) is 0 Å². The molecule has 0 aliphatic carbocycles. The number of hydrogen-bond donors (Lipinski definition) is 0. The van der Waals surface area contributed by atoms with Gasteiger partial charge in [0.15, 0.2) is 0 Å². The Hall–Kier alpha value is -0.800. The molecule has 1 aliphatic rings. The standard InChI is InChI=1S/C25H44N4O2S2/c1-22(2)20-29(21-23(3)4)11-7-9-25(30)31-18-16-27-12-14-28(15-13-27)17-19-32-33-24-8-5-6-10-26-24/h5-6,8,10,22-23H,7,9,11-21H2,1-4H3. The number of rotatable bonds is 16. The highest BCUT2D eigenvalue weighted by Gasteiger charge is 2.17. The van der Waals surface area contributed by atoms with E-state index in [1.54, 1.807) is 10.8 Å². The summed E-state index contributed by atoms with van der Waals surface area (Å²) in [7, 11) is 3.62. The largest absolute Gasteiger partial charge is 0.464 e. The first-order valence-corrected chi connectivity index (χ1v) is 14.8. The van der Waals surface area contributed by atoms with Gasteiger partial charge in [-0.05, 0) is 47.7 Å². The Bertz CT molecular complexity index is 631. The van der Waals surface area contributed by atoms with E-state index in [2.05, 4.69) is 53.4 Å². The number of esters is 1. The average Bonchev–Trinajstić information content (AvgIpc) is 2.77. The minimum atomic E-state index is -0.0508. The molecule has 0 aromatic carbocycles. The maximum atomic E-state index is 12.1. The maximum absolute atomic E-state index is 12.1. The number of pyridine rings is 1. The van der Waals surface area contributed by atoms with Crippen molar-refractivity contribution in [3.63, 3.8) is 0 Å². The number of nitrogens with zero attached hydrogens (tertiary/aromatic N) is 4. The zero-order chi connectivity index (χ0) is 23.9. The summed E-state index contributed by atoms with van der Waals surface area (Å²) in [5.74, 6) is 2.36. The van der Waals surface area contributed by atoms with Crippen LogP contribution in [0.25, 0.3) is 0 Å². The molecule has 1 fully saturated rings. The molecule has 8 heteroatoms. The lowest BCUT2D eigenvalue weighted by Crippen LogP contribution is -2.47. The summed E-state index contributed by atoms with van der Waals surface area (Å²) in [6.45, 7) is 18.9. The van der Waals surface area contributed by atoms with Crippen LogP contribution in [0.15, 0.2) is 29.4 Å². The van der Waals surface area contributed by atoms with E-state index in [0.29, 0.717) is 24.9 Å². The maximum Gasteiger partial charge on any atom is 0.305 e. The molecule has 1 aromatic rings. The second-order valence-corrected chi connectivity index (χ2v) is 12.1. The molecule has 188 valence electrons. The monoisotopic (exact) mass is 496 g/mol. The number of aromatic nitrogens is 1. The highest BCUT2D eigenvalue weighted by atomic mass is 33.1. The molecule has 0 bridgehead atoms. The van der Waals surface area contributed by atoms with E-state index in [1.165, 1.54) is 0 Å². The topological polar surface area (TPSA) is 48.9 Å². The van der Waals surface area contributed by atoms with E-state index in [1.807, 2.05) is 29.1 Å². The molecule has 0 radical (unpaired) electrons. The van der Waals surface area contributed by atoms with E-state index < -0.39 is 0 Å². The SMILES string of the molecule is CC(C)CN(CCCC(=O)OCCN1CCN(CCSSc2ccccn2)CC1)CC(C)C. The van der Waals surface area contributed by atoms with Gasteiger partial charge >= 0.3 is 5.97 Å². The van der Waals surface area contributed by atoms with Gasteiger partial charge in [-0.15, -0.1) is 0 Å². The van der Waals surface area contributed by atoms with E-state index in [-0.39, 0.29) is 5.97 Å². The first-order chi connectivity index (χ1) is 15.9. The summed E-state index contributed by atoms with van der Waals surface area (Å²) in [5.41, 5.74) is 0. The van der Waals surface area contributed by atoms with Gasteiger partial charge in [-0.1, -0.05) is 44.6 Å². The zero-order valence-corrected chi connectivity index (χ0v) is 22.7. The van der Waals surface area contributed by atoms with Gasteiger partial charge in [0.1, 0.15) is 11.6 Å². The molecule has 33 heavy (non-hydrogen) atoms. The van der Waals surface area contributed by atoms with Crippen molar-refractivity contribution in [2.75, 3.05) is 71.3 Å². The lowest BCUT2D eigenvalue weighted by atomic mass is 10.1. The second kappa shape index (κ2) is 16.8. The van der Waals surface area contributed by atoms with Crippen molar-refractivity contribution in [2.24, 2.45) is 11.8 Å². The molecule has 1 aromatic heterocycles. The lowest BCUT2D eigenvalue weighted by Gasteiger charge is -2.34. The molecule has 0 saturated carbocycles. The van der Waals surface area contributed by atoms with Crippen molar-refractivity contribution < 1.29 is 9.53 Å². The van der Waals surface area contributed by atoms with Crippen LogP contribution in [0.1, 0.15) is 40.5 Å². The number of ether oxygens (including phenoxy) is 1. The summed E-state index contributed by atoms with van der Waals surface area (Å²) in [6, 6.07) is 6.03. The fourth-order valence-electron chi connectivity index (χ4n) is 4.00. The van der Waals surface area contributed by atoms with Crippen LogP contribution in [-0.2, 0) is 9.53 Å². The van der Waals surface area contributed by atoms with Crippen molar-refractivity contribution in [3.05, 3.63) is 24.4 Å². The van der Waals surface area contributed by atoms with Crippen molar-refractivity contribution in [2.45, 2.75) is 45.6 Å². The molecule has 6 nitrogen and oxygen atoms in total. The molecule has 1 saturated heterocycles. The molecule has 0 atom stereocenters. The van der Waals surface area contributed by atoms with Gasteiger partial charge in [-0.2, -0.15) is 0 Å². The van der Waals surface area contributed by atoms with Crippen LogP contribution >= 0.6 is 21.6 Å². The molecule has 0 amide bonds. The molecule has 2 heterocycles. The Morgan fingerprint density at radius 3 is 2.33 bits per heavy atom. The average molecular weight is 497 g/mol. The van der Waals surface area contributed by atoms with Crippen LogP contribution < -0.4 is 0 Å².